The molecule has 3 fully saturated rings. The number of alkyl halides is 1. The van der Waals surface area contributed by atoms with E-state index >= 15 is 4.39 Å². The van der Waals surface area contributed by atoms with E-state index in [2.05, 4.69) is 13.0 Å². The Morgan fingerprint density at radius 3 is 2.61 bits per heavy atom. The van der Waals surface area contributed by atoms with Crippen molar-refractivity contribution in [1.82, 2.24) is 0 Å². The van der Waals surface area contributed by atoms with Crippen LogP contribution in [0.3, 0.4) is 0 Å². The van der Waals surface area contributed by atoms with E-state index in [0.717, 1.165) is 0 Å². The molecule has 0 aromatic heterocycles. The van der Waals surface area contributed by atoms with E-state index in [1.165, 1.54) is 18.6 Å². The fourth-order valence-electron chi connectivity index (χ4n) is 7.74. The Morgan fingerprint density at radius 2 is 1.91 bits per heavy atom. The first kappa shape index (κ1) is 22.9. The summed E-state index contributed by atoms with van der Waals surface area (Å²) in [6.45, 7) is 8.61. The number of ketones is 2. The number of ether oxygens (including phenoxy) is 3. The molecular weight excluding hydrogens is 427 g/mol. The van der Waals surface area contributed by atoms with Crippen molar-refractivity contribution in [3.05, 3.63) is 23.3 Å². The lowest BCUT2D eigenvalue weighted by Gasteiger charge is -2.55. The summed E-state index contributed by atoms with van der Waals surface area (Å²) >= 11 is 0. The van der Waals surface area contributed by atoms with Gasteiger partial charge >= 0.3 is 5.97 Å². The summed E-state index contributed by atoms with van der Waals surface area (Å²) in [5.41, 5.74) is -0.551. The third-order valence-electron chi connectivity index (χ3n) is 9.13. The first-order valence-corrected chi connectivity index (χ1v) is 12.0. The maximum atomic E-state index is 15.5. The summed E-state index contributed by atoms with van der Waals surface area (Å²) in [4.78, 5) is 37.1. The minimum atomic E-state index is -1.26. The third-order valence-corrected chi connectivity index (χ3v) is 9.13. The van der Waals surface area contributed by atoms with Gasteiger partial charge in [-0.1, -0.05) is 25.5 Å². The van der Waals surface area contributed by atoms with Gasteiger partial charge in [-0.05, 0) is 63.0 Å². The number of rotatable bonds is 3. The predicted octanol–water partition coefficient (Wildman–Crippen LogP) is 4.02. The lowest BCUT2D eigenvalue weighted by Crippen LogP contribution is -2.60. The average Bonchev–Trinajstić information content (AvgIpc) is 3.13. The quantitative estimate of drug-likeness (QED) is 0.468. The van der Waals surface area contributed by atoms with Crippen molar-refractivity contribution in [2.45, 2.75) is 90.4 Å². The number of allylic oxidation sites excluding steroid dienone is 4. The molecule has 0 bridgehead atoms. The van der Waals surface area contributed by atoms with Crippen LogP contribution in [0.15, 0.2) is 23.3 Å². The Hall–Kier alpha value is -1.86. The number of fused-ring (bicyclic) bond motifs is 7. The van der Waals surface area contributed by atoms with Crippen LogP contribution in [-0.2, 0) is 28.6 Å². The van der Waals surface area contributed by atoms with Crippen LogP contribution >= 0.6 is 0 Å². The van der Waals surface area contributed by atoms with Crippen LogP contribution in [0.25, 0.3) is 0 Å². The second kappa shape index (κ2) is 7.08. The smallest absolute Gasteiger partial charge is 0.303 e. The van der Waals surface area contributed by atoms with Crippen molar-refractivity contribution in [3.8, 4) is 0 Å². The molecule has 33 heavy (non-hydrogen) atoms. The third kappa shape index (κ3) is 3.00. The van der Waals surface area contributed by atoms with Crippen molar-refractivity contribution in [2.24, 2.45) is 22.7 Å². The summed E-state index contributed by atoms with van der Waals surface area (Å²) in [6.07, 6.45) is 4.52. The van der Waals surface area contributed by atoms with Crippen molar-refractivity contribution in [3.63, 3.8) is 0 Å². The number of esters is 1. The number of carbonyl (C=O) groups is 3. The molecule has 2 saturated carbocycles. The fraction of sp³-hybridized carbons (Fsp3) is 0.731. The molecule has 0 spiro atoms. The largest absolute Gasteiger partial charge is 0.458 e. The van der Waals surface area contributed by atoms with Crippen molar-refractivity contribution in [2.75, 3.05) is 6.61 Å². The molecule has 0 radical (unpaired) electrons. The van der Waals surface area contributed by atoms with Gasteiger partial charge < -0.3 is 14.2 Å². The summed E-state index contributed by atoms with van der Waals surface area (Å²) in [6, 6.07) is 0. The zero-order valence-electron chi connectivity index (χ0n) is 20.0. The maximum Gasteiger partial charge on any atom is 0.303 e. The van der Waals surface area contributed by atoms with Crippen molar-refractivity contribution < 1.29 is 33.0 Å². The second-order valence-electron chi connectivity index (χ2n) is 11.4. The fourth-order valence-corrected chi connectivity index (χ4v) is 7.74. The van der Waals surface area contributed by atoms with E-state index in [9.17, 15) is 14.4 Å². The zero-order chi connectivity index (χ0) is 24.0. The van der Waals surface area contributed by atoms with Gasteiger partial charge in [-0.25, -0.2) is 4.39 Å². The Morgan fingerprint density at radius 1 is 1.18 bits per heavy atom. The van der Waals surface area contributed by atoms with Gasteiger partial charge in [0.25, 0.3) is 0 Å². The number of hydrogen-bond acceptors (Lipinski definition) is 6. The maximum absolute atomic E-state index is 15.5. The normalized spacial score (nSPS) is 45.2. The van der Waals surface area contributed by atoms with Crippen LogP contribution in [0.5, 0.6) is 0 Å². The molecule has 4 aliphatic carbocycles. The zero-order valence-corrected chi connectivity index (χ0v) is 20.0. The average molecular weight is 461 g/mol. The minimum absolute atomic E-state index is 0.000673. The molecule has 5 aliphatic rings. The lowest BCUT2D eigenvalue weighted by molar-refractivity contribution is -0.207. The van der Waals surface area contributed by atoms with E-state index in [0.29, 0.717) is 37.7 Å². The molecule has 7 atom stereocenters. The molecule has 1 heterocycles. The van der Waals surface area contributed by atoms with E-state index in [1.54, 1.807) is 13.8 Å². The van der Waals surface area contributed by atoms with Gasteiger partial charge in [-0.2, -0.15) is 0 Å². The summed E-state index contributed by atoms with van der Waals surface area (Å²) in [5, 5.41) is 0. The predicted molar refractivity (Wildman–Crippen MR) is 117 cm³/mol. The number of halogens is 1. The van der Waals surface area contributed by atoms with Gasteiger partial charge in [0.15, 0.2) is 23.8 Å². The van der Waals surface area contributed by atoms with Crippen molar-refractivity contribution in [1.29, 1.82) is 0 Å². The molecular formula is C26H33FO6. The van der Waals surface area contributed by atoms with Gasteiger partial charge in [0, 0.05) is 24.2 Å². The summed E-state index contributed by atoms with van der Waals surface area (Å²) < 4.78 is 33.3. The minimum Gasteiger partial charge on any atom is -0.458 e. The van der Waals surface area contributed by atoms with Crippen LogP contribution in [-0.4, -0.2) is 47.8 Å². The standard InChI is InChI=1S/C26H33FO6/c1-14(28)31-13-21(30)26-22(32-23(2,3)33-26)12-18-16-11-20(27)19-10-15(29)6-8-24(19,4)17(16)7-9-25(18,26)5/h7,10,16,18,20,22H,6,8-9,11-13H2,1-5H3/t16-,18+,20+,22-,24-,25+,26-/m1/s1. The molecule has 0 N–H and O–H groups in total. The lowest BCUT2D eigenvalue weighted by atomic mass is 9.50. The van der Waals surface area contributed by atoms with E-state index in [4.69, 9.17) is 14.2 Å². The van der Waals surface area contributed by atoms with Gasteiger partial charge in [-0.15, -0.1) is 0 Å². The number of Topliss-reactive ketones (excluding diaryl/α,β-unsaturated/α-hetero) is 1. The molecule has 5 rings (SSSR count). The van der Waals surface area contributed by atoms with E-state index in [-0.39, 0.29) is 30.0 Å². The Balaban J connectivity index is 1.58. The van der Waals surface area contributed by atoms with Crippen LogP contribution < -0.4 is 0 Å². The van der Waals surface area contributed by atoms with Crippen molar-refractivity contribution >= 4 is 17.5 Å². The Bertz CT molecular complexity index is 997. The van der Waals surface area contributed by atoms with Crippen LogP contribution in [0.1, 0.15) is 66.7 Å². The monoisotopic (exact) mass is 460 g/mol. The van der Waals surface area contributed by atoms with Gasteiger partial charge in [-0.3, -0.25) is 14.4 Å². The summed E-state index contributed by atoms with van der Waals surface area (Å²) in [7, 11) is 0. The molecule has 180 valence electrons. The highest BCUT2D eigenvalue weighted by Crippen LogP contribution is 2.69. The summed E-state index contributed by atoms with van der Waals surface area (Å²) in [5.74, 6) is -1.85. The molecule has 7 heteroatoms. The number of hydrogen-bond donors (Lipinski definition) is 0. The Kier molecular flexibility index (Phi) is 4.91. The van der Waals surface area contributed by atoms with E-state index < -0.39 is 40.5 Å². The highest BCUT2D eigenvalue weighted by atomic mass is 19.1. The first-order chi connectivity index (χ1) is 15.3. The van der Waals surface area contributed by atoms with Crippen LogP contribution in [0, 0.1) is 22.7 Å². The first-order valence-electron chi connectivity index (χ1n) is 12.0. The van der Waals surface area contributed by atoms with Gasteiger partial charge in [0.1, 0.15) is 6.17 Å². The SMILES string of the molecule is CC(=O)OCC(=O)[C@@]12OC(C)(C)O[C@@H]1C[C@H]1[C@@H]3C[C@H](F)C4=CC(=O)CC[C@]4(C)C3=CC[C@@]12C. The van der Waals surface area contributed by atoms with Gasteiger partial charge in [0.05, 0.1) is 6.10 Å². The highest BCUT2D eigenvalue weighted by molar-refractivity contribution is 5.93. The molecule has 0 aromatic rings. The topological polar surface area (TPSA) is 78.9 Å². The molecule has 0 aromatic carbocycles. The molecule has 1 saturated heterocycles. The second-order valence-corrected chi connectivity index (χ2v) is 11.4. The Labute approximate surface area is 193 Å². The molecule has 0 unspecified atom stereocenters. The van der Waals surface area contributed by atoms with E-state index in [1.807, 2.05) is 6.92 Å². The van der Waals surface area contributed by atoms with Crippen LogP contribution in [0.4, 0.5) is 4.39 Å². The molecule has 6 nitrogen and oxygen atoms in total. The molecule has 1 aliphatic heterocycles. The number of carbonyl (C=O) groups excluding carboxylic acids is 3. The van der Waals surface area contributed by atoms with Crippen LogP contribution in [0.2, 0.25) is 0 Å². The highest BCUT2D eigenvalue weighted by Gasteiger charge is 2.75. The molecule has 0 amide bonds. The van der Waals surface area contributed by atoms with Gasteiger partial charge in [0.2, 0.25) is 5.78 Å².